The molecule has 3 heterocycles. The first-order chi connectivity index (χ1) is 15.7. The summed E-state index contributed by atoms with van der Waals surface area (Å²) in [7, 11) is 1.29. The molecule has 1 amide bonds. The van der Waals surface area contributed by atoms with Crippen molar-refractivity contribution in [3.63, 3.8) is 0 Å². The maximum atomic E-state index is 12.4. The summed E-state index contributed by atoms with van der Waals surface area (Å²) in [5.41, 5.74) is 1.65. The van der Waals surface area contributed by atoms with Crippen LogP contribution in [-0.4, -0.2) is 39.9 Å². The Bertz CT molecular complexity index is 1210. The van der Waals surface area contributed by atoms with E-state index in [2.05, 4.69) is 20.5 Å². The summed E-state index contributed by atoms with van der Waals surface area (Å²) in [5, 5.41) is 11.5. The van der Waals surface area contributed by atoms with Crippen LogP contribution in [0.4, 0.5) is 5.69 Å². The minimum atomic E-state index is -0.517. The molecule has 32 heavy (non-hydrogen) atoms. The van der Waals surface area contributed by atoms with Crippen molar-refractivity contribution in [3.8, 4) is 22.9 Å². The van der Waals surface area contributed by atoms with Gasteiger partial charge in [0.1, 0.15) is 5.69 Å². The number of nitrogens with one attached hydrogen (secondary N) is 1. The number of aromatic nitrogens is 3. The van der Waals surface area contributed by atoms with Crippen LogP contribution >= 0.6 is 11.8 Å². The lowest BCUT2D eigenvalue weighted by Gasteiger charge is -2.09. The van der Waals surface area contributed by atoms with Crippen LogP contribution in [0.15, 0.2) is 75.0 Å². The minimum absolute atomic E-state index is 0.180. The number of thioether (sulfide) groups is 1. The second-order valence-electron chi connectivity index (χ2n) is 6.43. The topological polar surface area (TPSA) is 120 Å². The van der Waals surface area contributed by atoms with Crippen LogP contribution in [0, 0.1) is 0 Å². The van der Waals surface area contributed by atoms with Crippen molar-refractivity contribution in [3.05, 3.63) is 66.6 Å². The fourth-order valence-corrected chi connectivity index (χ4v) is 3.59. The zero-order valence-electron chi connectivity index (χ0n) is 17.0. The molecule has 1 aromatic carbocycles. The van der Waals surface area contributed by atoms with Crippen LogP contribution in [-0.2, 0) is 9.53 Å². The Kier molecular flexibility index (Phi) is 6.61. The Morgan fingerprint density at radius 3 is 2.38 bits per heavy atom. The largest absolute Gasteiger partial charge is 0.465 e. The molecule has 1 N–H and O–H groups in total. The lowest BCUT2D eigenvalue weighted by Crippen LogP contribution is -2.15. The number of hydrogen-bond donors (Lipinski definition) is 1. The van der Waals surface area contributed by atoms with Crippen LogP contribution in [0.1, 0.15) is 16.8 Å². The van der Waals surface area contributed by atoms with Crippen molar-refractivity contribution in [1.29, 1.82) is 0 Å². The van der Waals surface area contributed by atoms with E-state index in [4.69, 9.17) is 13.6 Å². The fraction of sp³-hybridized carbons (Fsp3) is 0.136. The van der Waals surface area contributed by atoms with E-state index in [1.165, 1.54) is 18.9 Å². The summed E-state index contributed by atoms with van der Waals surface area (Å²) in [4.78, 5) is 28.8. The standard InChI is InChI=1S/C22H18N4O5S/c1-29-21(28)14-6-2-3-7-15(14)23-18(27)10-13-32-22-24-19(16-8-4-11-30-16)20(25-26-22)17-9-5-12-31-17/h2-9,11-12H,10,13H2,1H3,(H,23,27). The summed E-state index contributed by atoms with van der Waals surface area (Å²) in [5.74, 6) is 0.699. The van der Waals surface area contributed by atoms with E-state index in [0.717, 1.165) is 0 Å². The van der Waals surface area contributed by atoms with Gasteiger partial charge in [-0.15, -0.1) is 10.2 Å². The lowest BCUT2D eigenvalue weighted by atomic mass is 10.2. The second-order valence-corrected chi connectivity index (χ2v) is 7.49. The molecule has 0 saturated carbocycles. The molecule has 0 aliphatic rings. The van der Waals surface area contributed by atoms with Gasteiger partial charge in [0.2, 0.25) is 11.1 Å². The minimum Gasteiger partial charge on any atom is -0.465 e. The molecule has 0 spiro atoms. The number of methoxy groups -OCH3 is 1. The number of benzene rings is 1. The fourth-order valence-electron chi connectivity index (χ4n) is 2.86. The van der Waals surface area contributed by atoms with Gasteiger partial charge in [0, 0.05) is 12.2 Å². The van der Waals surface area contributed by atoms with Gasteiger partial charge in [-0.25, -0.2) is 9.78 Å². The van der Waals surface area contributed by atoms with Gasteiger partial charge >= 0.3 is 5.97 Å². The monoisotopic (exact) mass is 450 g/mol. The van der Waals surface area contributed by atoms with Crippen molar-refractivity contribution >= 4 is 29.3 Å². The van der Waals surface area contributed by atoms with Crippen LogP contribution in [0.25, 0.3) is 22.9 Å². The van der Waals surface area contributed by atoms with E-state index in [9.17, 15) is 9.59 Å². The van der Waals surface area contributed by atoms with Gasteiger partial charge in [-0.05, 0) is 36.4 Å². The molecule has 0 atom stereocenters. The quantitative estimate of drug-likeness (QED) is 0.309. The van der Waals surface area contributed by atoms with Crippen LogP contribution in [0.3, 0.4) is 0 Å². The highest BCUT2D eigenvalue weighted by molar-refractivity contribution is 7.99. The Morgan fingerprint density at radius 2 is 1.69 bits per heavy atom. The molecular formula is C22H18N4O5S. The molecule has 0 aliphatic heterocycles. The van der Waals surface area contributed by atoms with E-state index in [1.807, 2.05) is 0 Å². The van der Waals surface area contributed by atoms with E-state index in [0.29, 0.717) is 45.1 Å². The van der Waals surface area contributed by atoms with Crippen molar-refractivity contribution in [1.82, 2.24) is 15.2 Å². The van der Waals surface area contributed by atoms with Gasteiger partial charge in [-0.1, -0.05) is 23.9 Å². The predicted octanol–water partition coefficient (Wildman–Crippen LogP) is 4.30. The van der Waals surface area contributed by atoms with E-state index >= 15 is 0 Å². The van der Waals surface area contributed by atoms with E-state index in [1.54, 1.807) is 61.1 Å². The zero-order valence-corrected chi connectivity index (χ0v) is 17.8. The highest BCUT2D eigenvalue weighted by Crippen LogP contribution is 2.30. The smallest absolute Gasteiger partial charge is 0.339 e. The highest BCUT2D eigenvalue weighted by atomic mass is 32.2. The third kappa shape index (κ3) is 4.86. The van der Waals surface area contributed by atoms with Gasteiger partial charge < -0.3 is 18.9 Å². The summed E-state index contributed by atoms with van der Waals surface area (Å²) < 4.78 is 15.6. The molecule has 4 rings (SSSR count). The van der Waals surface area contributed by atoms with Crippen LogP contribution in [0.2, 0.25) is 0 Å². The maximum Gasteiger partial charge on any atom is 0.339 e. The third-order valence-corrected chi connectivity index (χ3v) is 5.18. The van der Waals surface area contributed by atoms with Crippen molar-refractivity contribution in [2.45, 2.75) is 11.6 Å². The predicted molar refractivity (Wildman–Crippen MR) is 117 cm³/mol. The van der Waals surface area contributed by atoms with Gasteiger partial charge in [0.15, 0.2) is 17.2 Å². The average molecular weight is 450 g/mol. The Labute approximate surface area is 187 Å². The molecular weight excluding hydrogens is 432 g/mol. The number of ether oxygens (including phenoxy) is 1. The molecule has 0 bridgehead atoms. The summed E-state index contributed by atoms with van der Waals surface area (Å²) in [6, 6.07) is 13.7. The number of carbonyl (C=O) groups is 2. The summed E-state index contributed by atoms with van der Waals surface area (Å²) in [6.07, 6.45) is 3.27. The van der Waals surface area contributed by atoms with Gasteiger partial charge in [-0.3, -0.25) is 4.79 Å². The first-order valence-electron chi connectivity index (χ1n) is 9.58. The number of rotatable bonds is 8. The number of carbonyl (C=O) groups excluding carboxylic acids is 2. The first-order valence-corrected chi connectivity index (χ1v) is 10.6. The molecule has 0 aliphatic carbocycles. The average Bonchev–Trinajstić information content (AvgIpc) is 3.53. The molecule has 4 aromatic rings. The molecule has 0 radical (unpaired) electrons. The van der Waals surface area contributed by atoms with Crippen molar-refractivity contribution < 1.29 is 23.2 Å². The highest BCUT2D eigenvalue weighted by Gasteiger charge is 2.18. The van der Waals surface area contributed by atoms with E-state index in [-0.39, 0.29) is 12.3 Å². The van der Waals surface area contributed by atoms with Crippen LogP contribution in [0.5, 0.6) is 0 Å². The van der Waals surface area contributed by atoms with Gasteiger partial charge in [0.25, 0.3) is 0 Å². The van der Waals surface area contributed by atoms with Crippen LogP contribution < -0.4 is 5.32 Å². The van der Waals surface area contributed by atoms with Gasteiger partial charge in [-0.2, -0.15) is 0 Å². The summed E-state index contributed by atoms with van der Waals surface area (Å²) >= 11 is 1.28. The SMILES string of the molecule is COC(=O)c1ccccc1NC(=O)CCSc1nnc(-c2ccco2)c(-c2ccco2)n1. The molecule has 0 saturated heterocycles. The Balaban J connectivity index is 1.42. The Hall–Kier alpha value is -3.92. The number of furan rings is 2. The maximum absolute atomic E-state index is 12.4. The van der Waals surface area contributed by atoms with E-state index < -0.39 is 5.97 Å². The number of amides is 1. The third-order valence-electron chi connectivity index (χ3n) is 4.34. The number of para-hydroxylation sites is 1. The normalized spacial score (nSPS) is 10.7. The first kappa shape index (κ1) is 21.3. The molecule has 3 aromatic heterocycles. The number of hydrogen-bond acceptors (Lipinski definition) is 9. The van der Waals surface area contributed by atoms with Crippen molar-refractivity contribution in [2.24, 2.45) is 0 Å². The number of esters is 1. The second kappa shape index (κ2) is 9.92. The van der Waals surface area contributed by atoms with Crippen molar-refractivity contribution in [2.75, 3.05) is 18.2 Å². The molecule has 10 heteroatoms. The molecule has 162 valence electrons. The Morgan fingerprint density at radius 1 is 0.969 bits per heavy atom. The lowest BCUT2D eigenvalue weighted by molar-refractivity contribution is -0.115. The molecule has 0 fully saturated rings. The van der Waals surface area contributed by atoms with Gasteiger partial charge in [0.05, 0.1) is 30.9 Å². The molecule has 9 nitrogen and oxygen atoms in total. The number of anilines is 1. The summed E-state index contributed by atoms with van der Waals surface area (Å²) in [6.45, 7) is 0. The number of nitrogens with zero attached hydrogens (tertiary/aromatic N) is 3. The molecule has 0 unspecified atom stereocenters. The zero-order chi connectivity index (χ0) is 22.3.